The Morgan fingerprint density at radius 3 is 2.44 bits per heavy atom. The van der Waals surface area contributed by atoms with Gasteiger partial charge in [-0.25, -0.2) is 0 Å². The summed E-state index contributed by atoms with van der Waals surface area (Å²) in [7, 11) is 1.64. The number of ether oxygens (including phenoxy) is 1. The molecule has 0 amide bonds. The average Bonchev–Trinajstić information content (AvgIpc) is 2.42. The van der Waals surface area contributed by atoms with Crippen molar-refractivity contribution in [2.45, 2.75) is 18.4 Å². The highest BCUT2D eigenvalue weighted by atomic mass is 16.5. The number of hydrogen-bond acceptors (Lipinski definition) is 3. The molecule has 1 aromatic rings. The van der Waals surface area contributed by atoms with Crippen molar-refractivity contribution in [2.75, 3.05) is 26.7 Å². The first-order valence-corrected chi connectivity index (χ1v) is 6.21. The Morgan fingerprint density at radius 2 is 1.94 bits per heavy atom. The molecule has 1 saturated heterocycles. The van der Waals surface area contributed by atoms with Crippen molar-refractivity contribution < 1.29 is 9.84 Å². The quantitative estimate of drug-likeness (QED) is 0.821. The molecule has 0 saturated carbocycles. The van der Waals surface area contributed by atoms with Crippen molar-refractivity contribution in [1.29, 1.82) is 0 Å². The smallest absolute Gasteiger partial charge is 0.118 e. The minimum atomic E-state index is -0.725. The van der Waals surface area contributed by atoms with Crippen LogP contribution in [-0.2, 0) is 5.60 Å². The van der Waals surface area contributed by atoms with Crippen LogP contribution >= 0.6 is 0 Å². The van der Waals surface area contributed by atoms with Gasteiger partial charge in [0.2, 0.25) is 0 Å². The number of piperidine rings is 1. The number of rotatable bonds is 3. The summed E-state index contributed by atoms with van der Waals surface area (Å²) in [6.07, 6.45) is 6.75. The summed E-state index contributed by atoms with van der Waals surface area (Å²) in [6, 6.07) is 7.66. The number of aliphatic hydroxyl groups is 1. The normalized spacial score (nSPS) is 19.2. The van der Waals surface area contributed by atoms with Gasteiger partial charge in [0.1, 0.15) is 5.75 Å². The van der Waals surface area contributed by atoms with E-state index in [1.54, 1.807) is 7.11 Å². The Kier molecular flexibility index (Phi) is 3.90. The molecule has 0 aliphatic carbocycles. The Labute approximate surface area is 108 Å². The van der Waals surface area contributed by atoms with E-state index in [1.807, 2.05) is 24.3 Å². The second kappa shape index (κ2) is 5.43. The molecule has 1 aliphatic heterocycles. The van der Waals surface area contributed by atoms with Crippen molar-refractivity contribution in [3.63, 3.8) is 0 Å². The Balaban J connectivity index is 2.06. The molecule has 0 radical (unpaired) electrons. The molecule has 0 atom stereocenters. The van der Waals surface area contributed by atoms with Crippen LogP contribution in [-0.4, -0.2) is 36.8 Å². The van der Waals surface area contributed by atoms with Crippen molar-refractivity contribution in [1.82, 2.24) is 4.90 Å². The van der Waals surface area contributed by atoms with E-state index in [4.69, 9.17) is 11.2 Å². The monoisotopic (exact) mass is 245 g/mol. The van der Waals surface area contributed by atoms with Gasteiger partial charge in [-0.15, -0.1) is 6.42 Å². The van der Waals surface area contributed by atoms with Gasteiger partial charge in [0.15, 0.2) is 0 Å². The van der Waals surface area contributed by atoms with Crippen molar-refractivity contribution in [2.24, 2.45) is 0 Å². The van der Waals surface area contributed by atoms with Gasteiger partial charge < -0.3 is 9.84 Å². The molecule has 2 rings (SSSR count). The fraction of sp³-hybridized carbons (Fsp3) is 0.467. The zero-order valence-electron chi connectivity index (χ0n) is 10.7. The molecule has 0 aromatic heterocycles. The van der Waals surface area contributed by atoms with Crippen molar-refractivity contribution in [3.8, 4) is 18.1 Å². The van der Waals surface area contributed by atoms with E-state index < -0.39 is 5.60 Å². The van der Waals surface area contributed by atoms with Gasteiger partial charge in [-0.2, -0.15) is 0 Å². The van der Waals surface area contributed by atoms with Gasteiger partial charge >= 0.3 is 0 Å². The third kappa shape index (κ3) is 2.66. The maximum Gasteiger partial charge on any atom is 0.118 e. The number of methoxy groups -OCH3 is 1. The first-order chi connectivity index (χ1) is 8.68. The molecule has 3 heteroatoms. The van der Waals surface area contributed by atoms with Crippen LogP contribution in [0, 0.1) is 12.3 Å². The lowest BCUT2D eigenvalue weighted by Crippen LogP contribution is -2.42. The van der Waals surface area contributed by atoms with E-state index in [0.717, 1.165) is 37.2 Å². The zero-order valence-corrected chi connectivity index (χ0v) is 10.7. The molecule has 1 aromatic carbocycles. The van der Waals surface area contributed by atoms with Gasteiger partial charge in [-0.3, -0.25) is 4.90 Å². The molecular weight excluding hydrogens is 226 g/mol. The van der Waals surface area contributed by atoms with Crippen molar-refractivity contribution in [3.05, 3.63) is 29.8 Å². The van der Waals surface area contributed by atoms with Crippen LogP contribution in [0.5, 0.6) is 5.75 Å². The van der Waals surface area contributed by atoms with Gasteiger partial charge in [-0.05, 0) is 30.5 Å². The minimum absolute atomic E-state index is 0.665. The lowest BCUT2D eigenvalue weighted by molar-refractivity contribution is -0.0230. The molecule has 96 valence electrons. The summed E-state index contributed by atoms with van der Waals surface area (Å²) in [5, 5.41) is 10.7. The van der Waals surface area contributed by atoms with E-state index >= 15 is 0 Å². The first-order valence-electron chi connectivity index (χ1n) is 6.21. The molecule has 1 fully saturated rings. The van der Waals surface area contributed by atoms with E-state index in [2.05, 4.69) is 10.8 Å². The van der Waals surface area contributed by atoms with Crippen LogP contribution in [0.3, 0.4) is 0 Å². The highest BCUT2D eigenvalue weighted by molar-refractivity contribution is 5.31. The SMILES string of the molecule is C#CCN1CCC(O)(c2ccc(OC)cc2)CC1. The molecule has 0 bridgehead atoms. The molecule has 0 spiro atoms. The molecule has 1 N–H and O–H groups in total. The van der Waals surface area contributed by atoms with E-state index in [-0.39, 0.29) is 0 Å². The summed E-state index contributed by atoms with van der Waals surface area (Å²) >= 11 is 0. The minimum Gasteiger partial charge on any atom is -0.497 e. The zero-order chi connectivity index (χ0) is 13.0. The summed E-state index contributed by atoms with van der Waals surface area (Å²) in [5.74, 6) is 3.46. The molecule has 0 unspecified atom stereocenters. The second-order valence-corrected chi connectivity index (χ2v) is 4.74. The first kappa shape index (κ1) is 12.9. The largest absolute Gasteiger partial charge is 0.497 e. The molecule has 1 aliphatic rings. The number of likely N-dealkylation sites (tertiary alicyclic amines) is 1. The van der Waals surface area contributed by atoms with Crippen LogP contribution in [0.4, 0.5) is 0 Å². The van der Waals surface area contributed by atoms with Gasteiger partial charge in [0, 0.05) is 13.1 Å². The summed E-state index contributed by atoms with van der Waals surface area (Å²) in [5.41, 5.74) is 0.237. The topological polar surface area (TPSA) is 32.7 Å². The molecule has 3 nitrogen and oxygen atoms in total. The van der Waals surface area contributed by atoms with Crippen LogP contribution in [0.1, 0.15) is 18.4 Å². The Morgan fingerprint density at radius 1 is 1.33 bits per heavy atom. The fourth-order valence-corrected chi connectivity index (χ4v) is 2.40. The molecular formula is C15H19NO2. The summed E-state index contributed by atoms with van der Waals surface area (Å²) in [6.45, 7) is 2.35. The summed E-state index contributed by atoms with van der Waals surface area (Å²) in [4.78, 5) is 2.19. The standard InChI is InChI=1S/C15H19NO2/c1-3-10-16-11-8-15(17,9-12-16)13-4-6-14(18-2)7-5-13/h1,4-7,17H,8-12H2,2H3. The summed E-state index contributed by atoms with van der Waals surface area (Å²) < 4.78 is 5.13. The molecule has 18 heavy (non-hydrogen) atoms. The highest BCUT2D eigenvalue weighted by Crippen LogP contribution is 2.33. The predicted octanol–water partition coefficient (Wildman–Crippen LogP) is 1.61. The maximum absolute atomic E-state index is 10.7. The van der Waals surface area contributed by atoms with Gasteiger partial charge in [-0.1, -0.05) is 18.1 Å². The predicted molar refractivity (Wildman–Crippen MR) is 71.4 cm³/mol. The van der Waals surface area contributed by atoms with E-state index in [0.29, 0.717) is 6.54 Å². The van der Waals surface area contributed by atoms with E-state index in [9.17, 15) is 5.11 Å². The highest BCUT2D eigenvalue weighted by Gasteiger charge is 2.33. The lowest BCUT2D eigenvalue weighted by atomic mass is 9.84. The van der Waals surface area contributed by atoms with Crippen LogP contribution in [0.25, 0.3) is 0 Å². The second-order valence-electron chi connectivity index (χ2n) is 4.74. The van der Waals surface area contributed by atoms with Crippen LogP contribution in [0.2, 0.25) is 0 Å². The lowest BCUT2D eigenvalue weighted by Gasteiger charge is -2.37. The maximum atomic E-state index is 10.7. The number of nitrogens with zero attached hydrogens (tertiary/aromatic N) is 1. The fourth-order valence-electron chi connectivity index (χ4n) is 2.40. The van der Waals surface area contributed by atoms with E-state index in [1.165, 1.54) is 0 Å². The third-order valence-electron chi connectivity index (χ3n) is 3.63. The number of hydrogen-bond donors (Lipinski definition) is 1. The van der Waals surface area contributed by atoms with Gasteiger partial charge in [0.05, 0.1) is 19.3 Å². The van der Waals surface area contributed by atoms with Crippen LogP contribution < -0.4 is 4.74 Å². The van der Waals surface area contributed by atoms with Gasteiger partial charge in [0.25, 0.3) is 0 Å². The van der Waals surface area contributed by atoms with Crippen LogP contribution in [0.15, 0.2) is 24.3 Å². The number of terminal acetylenes is 1. The Bertz CT molecular complexity index is 425. The van der Waals surface area contributed by atoms with Crippen molar-refractivity contribution >= 4 is 0 Å². The molecule has 1 heterocycles. The Hall–Kier alpha value is -1.50. The average molecular weight is 245 g/mol. The third-order valence-corrected chi connectivity index (χ3v) is 3.63. The number of benzene rings is 1.